The van der Waals surface area contributed by atoms with Gasteiger partial charge in [-0.25, -0.2) is 0 Å². The molecule has 0 bridgehead atoms. The summed E-state index contributed by atoms with van der Waals surface area (Å²) in [5, 5.41) is 9.55. The third-order valence-corrected chi connectivity index (χ3v) is 7.31. The van der Waals surface area contributed by atoms with E-state index in [0.717, 1.165) is 10.5 Å². The molecule has 1 N–H and O–H groups in total. The summed E-state index contributed by atoms with van der Waals surface area (Å²) in [6.45, 7) is 2.39. The molecule has 1 fully saturated rings. The average Bonchev–Trinajstić information content (AvgIpc) is 2.85. The highest BCUT2D eigenvalue weighted by molar-refractivity contribution is 8.07. The molecular formula is C13H21NS3. The second-order valence-electron chi connectivity index (χ2n) is 4.48. The van der Waals surface area contributed by atoms with E-state index in [1.165, 1.54) is 29.9 Å². The van der Waals surface area contributed by atoms with Gasteiger partial charge in [-0.05, 0) is 42.3 Å². The highest BCUT2D eigenvalue weighted by Crippen LogP contribution is 2.34. The Kier molecular flexibility index (Phi) is 5.74. The number of hydrogen-bond donors (Lipinski definition) is 1. The molecule has 17 heavy (non-hydrogen) atoms. The van der Waals surface area contributed by atoms with Crippen LogP contribution >= 0.6 is 34.9 Å². The Hall–Kier alpha value is 0.360. The van der Waals surface area contributed by atoms with E-state index in [4.69, 9.17) is 0 Å². The molecule has 1 aromatic rings. The number of rotatable bonds is 5. The molecule has 1 aliphatic rings. The van der Waals surface area contributed by atoms with Gasteiger partial charge in [-0.1, -0.05) is 6.92 Å². The van der Waals surface area contributed by atoms with Gasteiger partial charge in [0.2, 0.25) is 0 Å². The lowest BCUT2D eigenvalue weighted by Crippen LogP contribution is -2.43. The number of hydrogen-bond acceptors (Lipinski definition) is 4. The minimum absolute atomic E-state index is 0.655. The fraction of sp³-hybridized carbons (Fsp3) is 0.692. The molecule has 2 heterocycles. The van der Waals surface area contributed by atoms with Crippen LogP contribution in [0.15, 0.2) is 16.8 Å². The van der Waals surface area contributed by atoms with E-state index in [1.807, 2.05) is 0 Å². The first-order chi connectivity index (χ1) is 8.31. The Labute approximate surface area is 117 Å². The summed E-state index contributed by atoms with van der Waals surface area (Å²) in [5.41, 5.74) is 1.50. The molecule has 3 unspecified atom stereocenters. The van der Waals surface area contributed by atoms with Gasteiger partial charge in [0.15, 0.2) is 0 Å². The standard InChI is InChI=1S/C13H21NS3/c1-10-13(17-8-7-16-10)12(14-2)4-3-11-5-6-15-9-11/h5-6,9-10,12-14H,3-4,7-8H2,1-2H3. The Bertz CT molecular complexity index is 312. The summed E-state index contributed by atoms with van der Waals surface area (Å²) in [4.78, 5) is 0. The zero-order valence-electron chi connectivity index (χ0n) is 10.5. The molecule has 3 atom stereocenters. The maximum absolute atomic E-state index is 3.53. The summed E-state index contributed by atoms with van der Waals surface area (Å²) < 4.78 is 0. The van der Waals surface area contributed by atoms with Gasteiger partial charge in [0.1, 0.15) is 0 Å². The van der Waals surface area contributed by atoms with Crippen LogP contribution in [0.25, 0.3) is 0 Å². The van der Waals surface area contributed by atoms with Gasteiger partial charge >= 0.3 is 0 Å². The fourth-order valence-electron chi connectivity index (χ4n) is 2.32. The van der Waals surface area contributed by atoms with Crippen molar-refractivity contribution in [2.75, 3.05) is 18.6 Å². The predicted molar refractivity (Wildman–Crippen MR) is 83.7 cm³/mol. The lowest BCUT2D eigenvalue weighted by Gasteiger charge is -2.34. The zero-order valence-corrected chi connectivity index (χ0v) is 13.0. The Morgan fingerprint density at radius 3 is 2.88 bits per heavy atom. The first kappa shape index (κ1) is 13.8. The Morgan fingerprint density at radius 1 is 1.41 bits per heavy atom. The molecule has 1 saturated heterocycles. The molecule has 0 aliphatic carbocycles. The molecule has 1 aromatic heterocycles. The van der Waals surface area contributed by atoms with Crippen molar-refractivity contribution < 1.29 is 0 Å². The average molecular weight is 288 g/mol. The van der Waals surface area contributed by atoms with E-state index >= 15 is 0 Å². The van der Waals surface area contributed by atoms with E-state index in [2.05, 4.69) is 59.6 Å². The first-order valence-electron chi connectivity index (χ1n) is 6.23. The number of aryl methyl sites for hydroxylation is 1. The van der Waals surface area contributed by atoms with Gasteiger partial charge in [0.05, 0.1) is 0 Å². The maximum atomic E-state index is 3.53. The van der Waals surface area contributed by atoms with Gasteiger partial charge in [-0.2, -0.15) is 34.9 Å². The van der Waals surface area contributed by atoms with Crippen LogP contribution < -0.4 is 5.32 Å². The van der Waals surface area contributed by atoms with Crippen molar-refractivity contribution in [2.24, 2.45) is 0 Å². The summed E-state index contributed by atoms with van der Waals surface area (Å²) in [6.07, 6.45) is 2.47. The van der Waals surface area contributed by atoms with E-state index in [0.29, 0.717) is 6.04 Å². The van der Waals surface area contributed by atoms with Crippen LogP contribution in [0.3, 0.4) is 0 Å². The third kappa shape index (κ3) is 3.91. The van der Waals surface area contributed by atoms with Crippen LogP contribution in [0.2, 0.25) is 0 Å². The molecule has 4 heteroatoms. The minimum Gasteiger partial charge on any atom is -0.316 e. The smallest absolute Gasteiger partial charge is 0.0317 e. The summed E-state index contributed by atoms with van der Waals surface area (Å²) in [6, 6.07) is 2.91. The Morgan fingerprint density at radius 2 is 2.24 bits per heavy atom. The number of nitrogens with one attached hydrogen (secondary N) is 1. The zero-order chi connectivity index (χ0) is 12.1. The van der Waals surface area contributed by atoms with Crippen molar-refractivity contribution in [1.29, 1.82) is 0 Å². The molecule has 0 amide bonds. The van der Waals surface area contributed by atoms with Crippen LogP contribution in [0, 0.1) is 0 Å². The van der Waals surface area contributed by atoms with Crippen molar-refractivity contribution in [3.63, 3.8) is 0 Å². The van der Waals surface area contributed by atoms with Crippen molar-refractivity contribution in [1.82, 2.24) is 5.32 Å². The van der Waals surface area contributed by atoms with Crippen LogP contribution in [-0.4, -0.2) is 35.1 Å². The van der Waals surface area contributed by atoms with E-state index in [1.54, 1.807) is 11.3 Å². The normalized spacial score (nSPS) is 26.9. The molecule has 0 radical (unpaired) electrons. The molecule has 96 valence electrons. The van der Waals surface area contributed by atoms with Crippen molar-refractivity contribution in [3.05, 3.63) is 22.4 Å². The number of thiophene rings is 1. The molecule has 1 aliphatic heterocycles. The van der Waals surface area contributed by atoms with Gasteiger partial charge in [0, 0.05) is 28.0 Å². The van der Waals surface area contributed by atoms with E-state index < -0.39 is 0 Å². The molecule has 1 nitrogen and oxygen atoms in total. The van der Waals surface area contributed by atoms with Gasteiger partial charge in [-0.3, -0.25) is 0 Å². The van der Waals surface area contributed by atoms with Gasteiger partial charge in [-0.15, -0.1) is 0 Å². The van der Waals surface area contributed by atoms with Crippen LogP contribution in [0.5, 0.6) is 0 Å². The fourth-order valence-corrected chi connectivity index (χ4v) is 6.06. The molecule has 0 aromatic carbocycles. The summed E-state index contributed by atoms with van der Waals surface area (Å²) in [5.74, 6) is 2.64. The van der Waals surface area contributed by atoms with E-state index in [9.17, 15) is 0 Å². The van der Waals surface area contributed by atoms with Gasteiger partial charge < -0.3 is 5.32 Å². The highest BCUT2D eigenvalue weighted by Gasteiger charge is 2.29. The van der Waals surface area contributed by atoms with Crippen LogP contribution in [0.4, 0.5) is 0 Å². The quantitative estimate of drug-likeness (QED) is 0.890. The van der Waals surface area contributed by atoms with E-state index in [-0.39, 0.29) is 0 Å². The van der Waals surface area contributed by atoms with Crippen molar-refractivity contribution in [3.8, 4) is 0 Å². The summed E-state index contributed by atoms with van der Waals surface area (Å²) >= 11 is 6.10. The number of thioether (sulfide) groups is 2. The lowest BCUT2D eigenvalue weighted by molar-refractivity contribution is 0.499. The second kappa shape index (κ2) is 7.07. The monoisotopic (exact) mass is 287 g/mol. The van der Waals surface area contributed by atoms with Crippen LogP contribution in [0.1, 0.15) is 18.9 Å². The van der Waals surface area contributed by atoms with Crippen molar-refractivity contribution in [2.45, 2.75) is 36.3 Å². The minimum atomic E-state index is 0.655. The lowest BCUT2D eigenvalue weighted by atomic mass is 10.0. The Balaban J connectivity index is 1.86. The maximum Gasteiger partial charge on any atom is 0.0317 e. The molecule has 0 spiro atoms. The SMILES string of the molecule is CNC(CCc1ccsc1)C1SCCSC1C. The second-order valence-corrected chi connectivity index (χ2v) is 8.03. The third-order valence-electron chi connectivity index (χ3n) is 3.33. The first-order valence-corrected chi connectivity index (χ1v) is 9.27. The predicted octanol–water partition coefficient (Wildman–Crippen LogP) is 3.51. The molecular weight excluding hydrogens is 266 g/mol. The van der Waals surface area contributed by atoms with Gasteiger partial charge in [0.25, 0.3) is 0 Å². The largest absolute Gasteiger partial charge is 0.316 e. The topological polar surface area (TPSA) is 12.0 Å². The van der Waals surface area contributed by atoms with Crippen molar-refractivity contribution >= 4 is 34.9 Å². The highest BCUT2D eigenvalue weighted by atomic mass is 32.2. The molecule has 0 saturated carbocycles. The summed E-state index contributed by atoms with van der Waals surface area (Å²) in [7, 11) is 2.12. The molecule has 2 rings (SSSR count). The van der Waals surface area contributed by atoms with Crippen LogP contribution in [-0.2, 0) is 6.42 Å².